The quantitative estimate of drug-likeness (QED) is 0.833. The van der Waals surface area contributed by atoms with E-state index in [-0.39, 0.29) is 35.0 Å². The zero-order valence-corrected chi connectivity index (χ0v) is 15.4. The molecule has 29 heavy (non-hydrogen) atoms. The van der Waals surface area contributed by atoms with Crippen LogP contribution in [0.25, 0.3) is 11.3 Å². The van der Waals surface area contributed by atoms with Crippen LogP contribution in [0.3, 0.4) is 0 Å². The van der Waals surface area contributed by atoms with Gasteiger partial charge < -0.3 is 19.0 Å². The van der Waals surface area contributed by atoms with Crippen LogP contribution in [0.4, 0.5) is 13.2 Å². The molecule has 1 spiro atoms. The van der Waals surface area contributed by atoms with Crippen molar-refractivity contribution in [2.24, 2.45) is 0 Å². The molecule has 0 bridgehead atoms. The molecule has 3 heterocycles. The van der Waals surface area contributed by atoms with Crippen LogP contribution in [0.2, 0.25) is 0 Å². The summed E-state index contributed by atoms with van der Waals surface area (Å²) < 4.78 is 59.3. The lowest BCUT2D eigenvalue weighted by molar-refractivity contribution is -0.138. The fourth-order valence-corrected chi connectivity index (χ4v) is 4.66. The lowest BCUT2D eigenvalue weighted by Gasteiger charge is -2.43. The molecule has 156 valence electrons. The summed E-state index contributed by atoms with van der Waals surface area (Å²) in [6.07, 6.45) is -0.502. The topological polar surface area (TPSA) is 86.7 Å². The summed E-state index contributed by atoms with van der Waals surface area (Å²) in [5.74, 6) is -2.74. The summed E-state index contributed by atoms with van der Waals surface area (Å²) in [6.45, 7) is 1.72. The van der Waals surface area contributed by atoms with Gasteiger partial charge in [-0.25, -0.2) is 4.79 Å². The lowest BCUT2D eigenvalue weighted by Crippen LogP contribution is -2.38. The number of nitrogens with zero attached hydrogens (tertiary/aromatic N) is 2. The van der Waals surface area contributed by atoms with Crippen molar-refractivity contribution in [3.05, 3.63) is 28.8 Å². The van der Waals surface area contributed by atoms with Gasteiger partial charge in [-0.1, -0.05) is 6.42 Å². The van der Waals surface area contributed by atoms with Crippen LogP contribution in [-0.2, 0) is 34.0 Å². The van der Waals surface area contributed by atoms with Gasteiger partial charge >= 0.3 is 12.1 Å². The van der Waals surface area contributed by atoms with Crippen LogP contribution in [-0.4, -0.2) is 46.8 Å². The van der Waals surface area contributed by atoms with Gasteiger partial charge in [0.15, 0.2) is 0 Å². The highest BCUT2D eigenvalue weighted by molar-refractivity contribution is 5.91. The molecular formula is C19H19F3N2O5. The van der Waals surface area contributed by atoms with E-state index < -0.39 is 23.5 Å². The monoisotopic (exact) mass is 412 g/mol. The smallest absolute Gasteiger partial charge is 0.421 e. The normalized spacial score (nSPS) is 22.8. The summed E-state index contributed by atoms with van der Waals surface area (Å²) >= 11 is 0. The Bertz CT molecular complexity index is 967. The molecule has 1 saturated heterocycles. The summed E-state index contributed by atoms with van der Waals surface area (Å²) in [5.41, 5.74) is -0.927. The van der Waals surface area contributed by atoms with E-state index in [1.165, 1.54) is 0 Å². The fourth-order valence-electron chi connectivity index (χ4n) is 4.66. The summed E-state index contributed by atoms with van der Waals surface area (Å²) in [7, 11) is 0. The van der Waals surface area contributed by atoms with Crippen LogP contribution >= 0.6 is 0 Å². The highest BCUT2D eigenvalue weighted by Gasteiger charge is 2.52. The standard InChI is InChI=1S/C19H19F3N2O5/c20-19(21,22)14-13-12(29-16(14)17(25)26)6-18(2-1-3-18)11-8-24(23-15(11)13)7-10-9-27-4-5-28-10/h8,10H,1-7,9H2,(H,25,26)/t10-/m0/s1. The molecule has 0 radical (unpaired) electrons. The number of ether oxygens (including phenoxy) is 2. The van der Waals surface area contributed by atoms with Crippen molar-refractivity contribution < 1.29 is 37.0 Å². The predicted molar refractivity (Wildman–Crippen MR) is 91.7 cm³/mol. The van der Waals surface area contributed by atoms with Gasteiger partial charge in [0.1, 0.15) is 23.1 Å². The minimum absolute atomic E-state index is 0.0597. The van der Waals surface area contributed by atoms with E-state index in [1.807, 2.05) is 0 Å². The van der Waals surface area contributed by atoms with Crippen LogP contribution < -0.4 is 0 Å². The fraction of sp³-hybridized carbons (Fsp3) is 0.579. The maximum atomic E-state index is 13.8. The molecule has 1 aliphatic heterocycles. The highest BCUT2D eigenvalue weighted by Crippen LogP contribution is 2.56. The van der Waals surface area contributed by atoms with Gasteiger partial charge in [-0.2, -0.15) is 18.3 Å². The molecule has 0 aromatic carbocycles. The van der Waals surface area contributed by atoms with E-state index in [4.69, 9.17) is 13.9 Å². The molecule has 1 atom stereocenters. The van der Waals surface area contributed by atoms with Crippen LogP contribution in [0.15, 0.2) is 10.6 Å². The zero-order valence-electron chi connectivity index (χ0n) is 15.4. The Morgan fingerprint density at radius 1 is 1.34 bits per heavy atom. The maximum Gasteiger partial charge on any atom is 0.421 e. The third-order valence-corrected chi connectivity index (χ3v) is 6.11. The molecule has 7 nitrogen and oxygen atoms in total. The van der Waals surface area contributed by atoms with Crippen molar-refractivity contribution in [1.82, 2.24) is 9.78 Å². The minimum atomic E-state index is -4.86. The molecule has 2 fully saturated rings. The molecular weight excluding hydrogens is 393 g/mol. The summed E-state index contributed by atoms with van der Waals surface area (Å²) in [6, 6.07) is 0. The molecule has 2 aromatic rings. The number of halogens is 3. The minimum Gasteiger partial charge on any atom is -0.475 e. The van der Waals surface area contributed by atoms with Gasteiger partial charge in [0.05, 0.1) is 31.9 Å². The maximum absolute atomic E-state index is 13.8. The number of aromatic carboxylic acids is 1. The van der Waals surface area contributed by atoms with Crippen LogP contribution in [0.5, 0.6) is 0 Å². The number of aromatic nitrogens is 2. The second-order valence-corrected chi connectivity index (χ2v) is 7.90. The number of alkyl halides is 3. The van der Waals surface area contributed by atoms with E-state index in [0.29, 0.717) is 26.4 Å². The first kappa shape index (κ1) is 18.7. The second kappa shape index (κ2) is 6.33. The number of carboxylic acid groups (broad SMARTS) is 1. The lowest BCUT2D eigenvalue weighted by atomic mass is 9.59. The Morgan fingerprint density at radius 3 is 2.72 bits per heavy atom. The zero-order chi connectivity index (χ0) is 20.4. The number of carboxylic acids is 1. The summed E-state index contributed by atoms with van der Waals surface area (Å²) in [4.78, 5) is 11.5. The average molecular weight is 412 g/mol. The Morgan fingerprint density at radius 2 is 2.14 bits per heavy atom. The molecule has 10 heteroatoms. The number of rotatable bonds is 3. The first-order chi connectivity index (χ1) is 13.8. The van der Waals surface area contributed by atoms with Crippen molar-refractivity contribution >= 4 is 5.97 Å². The molecule has 2 aromatic heterocycles. The predicted octanol–water partition coefficient (Wildman–Crippen LogP) is 3.25. The third kappa shape index (κ3) is 2.88. The molecule has 0 unspecified atom stereocenters. The van der Waals surface area contributed by atoms with Gasteiger partial charge in [-0.15, -0.1) is 0 Å². The molecule has 1 saturated carbocycles. The number of carbonyl (C=O) groups is 1. The van der Waals surface area contributed by atoms with Crippen LogP contribution in [0, 0.1) is 0 Å². The second-order valence-electron chi connectivity index (χ2n) is 7.90. The largest absolute Gasteiger partial charge is 0.475 e. The molecule has 5 rings (SSSR count). The van der Waals surface area contributed by atoms with E-state index in [2.05, 4.69) is 5.10 Å². The Balaban J connectivity index is 1.64. The van der Waals surface area contributed by atoms with Gasteiger partial charge in [0, 0.05) is 23.6 Å². The van der Waals surface area contributed by atoms with Crippen molar-refractivity contribution in [3.63, 3.8) is 0 Å². The van der Waals surface area contributed by atoms with Gasteiger partial charge in [0.25, 0.3) is 0 Å². The Hall–Kier alpha value is -2.33. The molecule has 3 aliphatic rings. The number of hydrogen-bond acceptors (Lipinski definition) is 5. The first-order valence-corrected chi connectivity index (χ1v) is 9.52. The van der Waals surface area contributed by atoms with E-state index in [0.717, 1.165) is 24.8 Å². The van der Waals surface area contributed by atoms with Crippen molar-refractivity contribution in [2.75, 3.05) is 19.8 Å². The molecule has 1 N–H and O–H groups in total. The average Bonchev–Trinajstić information content (AvgIpc) is 3.21. The van der Waals surface area contributed by atoms with Gasteiger partial charge in [-0.3, -0.25) is 4.68 Å². The van der Waals surface area contributed by atoms with Gasteiger partial charge in [-0.05, 0) is 12.8 Å². The highest BCUT2D eigenvalue weighted by atomic mass is 19.4. The molecule has 2 aliphatic carbocycles. The van der Waals surface area contributed by atoms with Crippen molar-refractivity contribution in [3.8, 4) is 11.3 Å². The summed E-state index contributed by atoms with van der Waals surface area (Å²) in [5, 5.41) is 13.7. The molecule has 0 amide bonds. The number of fused-ring (bicyclic) bond motifs is 4. The Labute approximate surface area is 163 Å². The Kier molecular flexibility index (Phi) is 4.08. The number of hydrogen-bond donors (Lipinski definition) is 1. The van der Waals surface area contributed by atoms with Gasteiger partial charge in [0.2, 0.25) is 5.76 Å². The van der Waals surface area contributed by atoms with Crippen molar-refractivity contribution in [1.29, 1.82) is 0 Å². The number of furan rings is 1. The third-order valence-electron chi connectivity index (χ3n) is 6.11. The van der Waals surface area contributed by atoms with E-state index in [9.17, 15) is 23.1 Å². The van der Waals surface area contributed by atoms with Crippen LogP contribution in [0.1, 0.15) is 46.7 Å². The van der Waals surface area contributed by atoms with E-state index >= 15 is 0 Å². The first-order valence-electron chi connectivity index (χ1n) is 9.52. The van der Waals surface area contributed by atoms with E-state index in [1.54, 1.807) is 10.9 Å². The SMILES string of the molecule is O=C(O)c1oc2c(c1C(F)(F)F)-c1nn(C[C@H]3COCCO3)cc1C1(CCC1)C2. The van der Waals surface area contributed by atoms with Crippen molar-refractivity contribution in [2.45, 2.75) is 49.9 Å².